The van der Waals surface area contributed by atoms with Crippen molar-refractivity contribution >= 4 is 22.7 Å². The molecule has 0 spiro atoms. The van der Waals surface area contributed by atoms with Crippen molar-refractivity contribution in [1.29, 1.82) is 0 Å². The van der Waals surface area contributed by atoms with Crippen LogP contribution in [0.5, 0.6) is 5.75 Å². The first kappa shape index (κ1) is 14.5. The van der Waals surface area contributed by atoms with Crippen LogP contribution in [0.3, 0.4) is 0 Å². The first-order valence-corrected chi connectivity index (χ1v) is 8.41. The highest BCUT2D eigenvalue weighted by Gasteiger charge is 2.54. The summed E-state index contributed by atoms with van der Waals surface area (Å²) in [5, 5.41) is 0.767. The fraction of sp³-hybridized carbons (Fsp3) is 0.556. The van der Waals surface area contributed by atoms with E-state index in [2.05, 4.69) is 23.8 Å². The molecule has 3 saturated carbocycles. The van der Waals surface area contributed by atoms with E-state index in [-0.39, 0.29) is 5.95 Å². The molecule has 3 fully saturated rings. The number of nitrogen functional groups attached to an aromatic ring is 2. The average Bonchev–Trinajstić information content (AvgIpc) is 2.52. The maximum Gasteiger partial charge on any atom is 0.222 e. The van der Waals surface area contributed by atoms with E-state index in [1.165, 1.54) is 19.3 Å². The van der Waals surface area contributed by atoms with Crippen LogP contribution in [0.4, 0.5) is 11.8 Å². The second-order valence-corrected chi connectivity index (χ2v) is 7.63. The highest BCUT2D eigenvalue weighted by Crippen LogP contribution is 2.61. The topological polar surface area (TPSA) is 87.0 Å². The second-order valence-electron chi connectivity index (χ2n) is 7.63. The van der Waals surface area contributed by atoms with Crippen molar-refractivity contribution in [2.24, 2.45) is 23.2 Å². The minimum Gasteiger partial charge on any atom is -0.492 e. The normalized spacial score (nSPS) is 28.3. The van der Waals surface area contributed by atoms with E-state index in [9.17, 15) is 0 Å². The number of aromatic nitrogens is 2. The van der Waals surface area contributed by atoms with Gasteiger partial charge in [0.05, 0.1) is 17.5 Å². The summed E-state index contributed by atoms with van der Waals surface area (Å²) in [6.45, 7) is 5.55. The first-order valence-electron chi connectivity index (χ1n) is 8.41. The van der Waals surface area contributed by atoms with Gasteiger partial charge in [-0.2, -0.15) is 4.98 Å². The minimum absolute atomic E-state index is 0.196. The second kappa shape index (κ2) is 4.98. The summed E-state index contributed by atoms with van der Waals surface area (Å²) in [6.07, 6.45) is 3.95. The molecular weight excluding hydrogens is 288 g/mol. The average molecular weight is 312 g/mol. The van der Waals surface area contributed by atoms with Crippen molar-refractivity contribution in [3.63, 3.8) is 0 Å². The molecular formula is C18H24N4O. The molecule has 2 aromatic rings. The van der Waals surface area contributed by atoms with Gasteiger partial charge in [-0.3, -0.25) is 0 Å². The third-order valence-electron chi connectivity index (χ3n) is 6.18. The van der Waals surface area contributed by atoms with E-state index >= 15 is 0 Å². The van der Waals surface area contributed by atoms with E-state index in [1.54, 1.807) is 0 Å². The molecule has 1 aromatic carbocycles. The van der Waals surface area contributed by atoms with Gasteiger partial charge >= 0.3 is 0 Å². The van der Waals surface area contributed by atoms with Crippen molar-refractivity contribution in [3.05, 3.63) is 18.2 Å². The molecule has 5 nitrogen and oxygen atoms in total. The van der Waals surface area contributed by atoms with Crippen molar-refractivity contribution in [2.45, 2.75) is 33.1 Å². The maximum absolute atomic E-state index is 6.17. The van der Waals surface area contributed by atoms with Crippen LogP contribution < -0.4 is 16.2 Å². The number of ether oxygens (including phenoxy) is 1. The number of nitrogens with two attached hydrogens (primary N) is 2. The van der Waals surface area contributed by atoms with Crippen LogP contribution in [0.1, 0.15) is 33.1 Å². The standard InChI is InChI=1S/C18H24N4O/c1-18(2)11-7-6-10(12(18)8-11)9-23-14-5-3-4-13-15(14)16(19)22-17(20)21-13/h3-5,10-12H,6-9H2,1-2H3,(H4,19,20,21,22)/t10-,11+,12?/m1/s1. The summed E-state index contributed by atoms with van der Waals surface area (Å²) in [6, 6.07) is 5.75. The molecule has 3 atom stereocenters. The number of benzene rings is 1. The largest absolute Gasteiger partial charge is 0.492 e. The Balaban J connectivity index is 1.57. The van der Waals surface area contributed by atoms with Crippen LogP contribution in [-0.4, -0.2) is 16.6 Å². The first-order chi connectivity index (χ1) is 11.0. The lowest BCUT2D eigenvalue weighted by molar-refractivity contribution is -0.114. The maximum atomic E-state index is 6.17. The molecule has 2 bridgehead atoms. The SMILES string of the molecule is CC1(C)C2C[C@@H]1CC[C@@H]2COc1cccc2nc(N)nc(N)c12. The monoisotopic (exact) mass is 312 g/mol. The van der Waals surface area contributed by atoms with Gasteiger partial charge in [0.25, 0.3) is 0 Å². The van der Waals surface area contributed by atoms with Gasteiger partial charge in [-0.25, -0.2) is 4.98 Å². The van der Waals surface area contributed by atoms with Gasteiger partial charge in [-0.15, -0.1) is 0 Å². The predicted octanol–water partition coefficient (Wildman–Crippen LogP) is 3.25. The molecule has 5 rings (SSSR count). The molecule has 0 amide bonds. The number of rotatable bonds is 3. The molecule has 0 radical (unpaired) electrons. The molecule has 5 heteroatoms. The Morgan fingerprint density at radius 3 is 2.78 bits per heavy atom. The predicted molar refractivity (Wildman–Crippen MR) is 92.0 cm³/mol. The van der Waals surface area contributed by atoms with E-state index < -0.39 is 0 Å². The van der Waals surface area contributed by atoms with E-state index in [0.717, 1.165) is 35.1 Å². The van der Waals surface area contributed by atoms with Crippen LogP contribution in [0.2, 0.25) is 0 Å². The van der Waals surface area contributed by atoms with Crippen LogP contribution in [0.25, 0.3) is 10.9 Å². The van der Waals surface area contributed by atoms with E-state index in [4.69, 9.17) is 16.2 Å². The Morgan fingerprint density at radius 2 is 2.04 bits per heavy atom. The van der Waals surface area contributed by atoms with Crippen LogP contribution >= 0.6 is 0 Å². The Morgan fingerprint density at radius 1 is 1.22 bits per heavy atom. The summed E-state index contributed by atoms with van der Waals surface area (Å²) in [4.78, 5) is 8.31. The third kappa shape index (κ3) is 2.21. The zero-order valence-corrected chi connectivity index (χ0v) is 13.7. The number of fused-ring (bicyclic) bond motifs is 3. The number of anilines is 2. The van der Waals surface area contributed by atoms with E-state index in [0.29, 0.717) is 17.2 Å². The molecule has 0 saturated heterocycles. The van der Waals surface area contributed by atoms with Crippen molar-refractivity contribution in [1.82, 2.24) is 9.97 Å². The molecule has 3 aliphatic carbocycles. The third-order valence-corrected chi connectivity index (χ3v) is 6.18. The minimum atomic E-state index is 0.196. The molecule has 122 valence electrons. The molecule has 3 aliphatic rings. The fourth-order valence-electron chi connectivity index (χ4n) is 4.68. The molecule has 4 N–H and O–H groups in total. The van der Waals surface area contributed by atoms with Crippen molar-refractivity contribution in [3.8, 4) is 5.75 Å². The Labute approximate surface area is 136 Å². The Kier molecular flexibility index (Phi) is 3.15. The Bertz CT molecular complexity index is 756. The van der Waals surface area contributed by atoms with Gasteiger partial charge in [-0.05, 0) is 54.6 Å². The van der Waals surface area contributed by atoms with Gasteiger partial charge < -0.3 is 16.2 Å². The van der Waals surface area contributed by atoms with Crippen molar-refractivity contribution in [2.75, 3.05) is 18.1 Å². The number of nitrogens with zero attached hydrogens (tertiary/aromatic N) is 2. The van der Waals surface area contributed by atoms with Gasteiger partial charge in [0.15, 0.2) is 0 Å². The molecule has 1 unspecified atom stereocenters. The quantitative estimate of drug-likeness (QED) is 0.908. The Hall–Kier alpha value is -2.04. The van der Waals surface area contributed by atoms with Crippen molar-refractivity contribution < 1.29 is 4.74 Å². The smallest absolute Gasteiger partial charge is 0.222 e. The summed E-state index contributed by atoms with van der Waals surface area (Å²) in [5.74, 6) is 3.66. The van der Waals surface area contributed by atoms with Gasteiger partial charge in [-0.1, -0.05) is 19.9 Å². The lowest BCUT2D eigenvalue weighted by Gasteiger charge is -2.60. The van der Waals surface area contributed by atoms with Gasteiger partial charge in [0, 0.05) is 0 Å². The summed E-state index contributed by atoms with van der Waals surface area (Å²) < 4.78 is 6.17. The highest BCUT2D eigenvalue weighted by molar-refractivity contribution is 5.94. The number of hydrogen-bond donors (Lipinski definition) is 2. The molecule has 0 aliphatic heterocycles. The van der Waals surface area contributed by atoms with Crippen LogP contribution in [-0.2, 0) is 0 Å². The van der Waals surface area contributed by atoms with Gasteiger partial charge in [0.2, 0.25) is 5.95 Å². The summed E-state index contributed by atoms with van der Waals surface area (Å²) in [7, 11) is 0. The highest BCUT2D eigenvalue weighted by atomic mass is 16.5. The van der Waals surface area contributed by atoms with Gasteiger partial charge in [0.1, 0.15) is 11.6 Å². The lowest BCUT2D eigenvalue weighted by Crippen LogP contribution is -2.53. The van der Waals surface area contributed by atoms with Crippen LogP contribution in [0.15, 0.2) is 18.2 Å². The molecule has 1 aromatic heterocycles. The fourth-order valence-corrected chi connectivity index (χ4v) is 4.68. The zero-order chi connectivity index (χ0) is 16.2. The zero-order valence-electron chi connectivity index (χ0n) is 13.7. The van der Waals surface area contributed by atoms with E-state index in [1.807, 2.05) is 18.2 Å². The lowest BCUT2D eigenvalue weighted by atomic mass is 9.46. The van der Waals surface area contributed by atoms with Crippen LogP contribution in [0, 0.1) is 23.2 Å². The number of hydrogen-bond acceptors (Lipinski definition) is 5. The molecule has 1 heterocycles. The summed E-state index contributed by atoms with van der Waals surface area (Å²) >= 11 is 0. The molecule has 23 heavy (non-hydrogen) atoms. The summed E-state index contributed by atoms with van der Waals surface area (Å²) in [5.41, 5.74) is 12.9.